The second-order valence-electron chi connectivity index (χ2n) is 9.54. The van der Waals surface area contributed by atoms with Gasteiger partial charge in [0.25, 0.3) is 5.91 Å². The highest BCUT2D eigenvalue weighted by Crippen LogP contribution is 2.37. The minimum absolute atomic E-state index is 0.0299. The first kappa shape index (κ1) is 28.9. The number of benzene rings is 2. The number of pyridine rings is 1. The summed E-state index contributed by atoms with van der Waals surface area (Å²) >= 11 is 5.99. The second kappa shape index (κ2) is 12.0. The Morgan fingerprint density at radius 3 is 2.18 bits per heavy atom. The van der Waals surface area contributed by atoms with Crippen molar-refractivity contribution in [1.82, 2.24) is 14.8 Å². The Labute approximate surface area is 227 Å². The Morgan fingerprint density at radius 2 is 1.59 bits per heavy atom. The fourth-order valence-corrected chi connectivity index (χ4v) is 4.88. The van der Waals surface area contributed by atoms with E-state index in [1.807, 2.05) is 12.1 Å². The van der Waals surface area contributed by atoms with Crippen molar-refractivity contribution in [2.75, 3.05) is 26.2 Å². The molecule has 1 aliphatic heterocycles. The molecule has 1 atom stereocenters. The van der Waals surface area contributed by atoms with E-state index < -0.39 is 41.0 Å². The van der Waals surface area contributed by atoms with Gasteiger partial charge >= 0.3 is 12.4 Å². The van der Waals surface area contributed by atoms with Gasteiger partial charge in [-0.3, -0.25) is 14.7 Å². The van der Waals surface area contributed by atoms with Gasteiger partial charge < -0.3 is 4.90 Å². The SMILES string of the molecule is O=C(c1cc(C(F)(F)F)cc(C(F)(F)F)c1)N1CCN(CCCc2cccnc2)CC1Cc1ccc(Cl)cc1. The number of halogens is 7. The normalized spacial score (nSPS) is 16.9. The molecule has 0 spiro atoms. The van der Waals surface area contributed by atoms with Crippen LogP contribution in [0.2, 0.25) is 5.02 Å². The second-order valence-corrected chi connectivity index (χ2v) is 9.98. The number of aromatic nitrogens is 1. The lowest BCUT2D eigenvalue weighted by Crippen LogP contribution is -2.56. The quantitative estimate of drug-likeness (QED) is 0.295. The van der Waals surface area contributed by atoms with E-state index in [-0.39, 0.29) is 12.6 Å². The number of piperazine rings is 1. The van der Waals surface area contributed by atoms with E-state index in [2.05, 4.69) is 9.88 Å². The molecule has 2 heterocycles. The first-order chi connectivity index (χ1) is 18.4. The Kier molecular flexibility index (Phi) is 8.86. The number of hydrogen-bond acceptors (Lipinski definition) is 3. The summed E-state index contributed by atoms with van der Waals surface area (Å²) in [7, 11) is 0. The molecule has 0 N–H and O–H groups in total. The van der Waals surface area contributed by atoms with Crippen molar-refractivity contribution in [2.24, 2.45) is 0 Å². The van der Waals surface area contributed by atoms with Crippen LogP contribution >= 0.6 is 11.6 Å². The summed E-state index contributed by atoms with van der Waals surface area (Å²) in [4.78, 5) is 21.1. The Morgan fingerprint density at radius 1 is 0.923 bits per heavy atom. The predicted octanol–water partition coefficient (Wildman–Crippen LogP) is 6.77. The van der Waals surface area contributed by atoms with Crippen molar-refractivity contribution >= 4 is 17.5 Å². The van der Waals surface area contributed by atoms with Gasteiger partial charge in [0.2, 0.25) is 0 Å². The number of aryl methyl sites for hydroxylation is 1. The minimum atomic E-state index is -5.04. The zero-order valence-corrected chi connectivity index (χ0v) is 21.5. The van der Waals surface area contributed by atoms with Crippen molar-refractivity contribution in [1.29, 1.82) is 0 Å². The van der Waals surface area contributed by atoms with Gasteiger partial charge in [-0.05, 0) is 73.3 Å². The number of rotatable bonds is 7. The van der Waals surface area contributed by atoms with E-state index in [4.69, 9.17) is 11.6 Å². The molecule has 0 saturated carbocycles. The zero-order valence-electron chi connectivity index (χ0n) is 20.8. The number of hydrogen-bond donors (Lipinski definition) is 0. The molecule has 4 nitrogen and oxygen atoms in total. The van der Waals surface area contributed by atoms with Gasteiger partial charge in [-0.1, -0.05) is 29.8 Å². The molecule has 1 saturated heterocycles. The van der Waals surface area contributed by atoms with Crippen LogP contribution in [0.4, 0.5) is 26.3 Å². The summed E-state index contributed by atoms with van der Waals surface area (Å²) in [5.74, 6) is -0.861. The third kappa shape index (κ3) is 7.73. The van der Waals surface area contributed by atoms with Crippen molar-refractivity contribution in [3.63, 3.8) is 0 Å². The Bertz CT molecular complexity index is 1230. The van der Waals surface area contributed by atoms with Gasteiger partial charge in [-0.15, -0.1) is 0 Å². The molecule has 1 unspecified atom stereocenters. The lowest BCUT2D eigenvalue weighted by atomic mass is 9.99. The van der Waals surface area contributed by atoms with Crippen LogP contribution in [0.5, 0.6) is 0 Å². The van der Waals surface area contributed by atoms with Gasteiger partial charge in [0.15, 0.2) is 0 Å². The Hall–Kier alpha value is -3.11. The van der Waals surface area contributed by atoms with Gasteiger partial charge in [0.1, 0.15) is 0 Å². The smallest absolute Gasteiger partial charge is 0.333 e. The Balaban J connectivity index is 1.57. The highest BCUT2D eigenvalue weighted by molar-refractivity contribution is 6.30. The van der Waals surface area contributed by atoms with Gasteiger partial charge in [0.05, 0.1) is 11.1 Å². The molecule has 2 aromatic carbocycles. The molecule has 0 radical (unpaired) electrons. The summed E-state index contributed by atoms with van der Waals surface area (Å²) in [5.41, 5.74) is -1.72. The van der Waals surface area contributed by atoms with Crippen molar-refractivity contribution < 1.29 is 31.1 Å². The van der Waals surface area contributed by atoms with Crippen LogP contribution in [0.15, 0.2) is 67.0 Å². The van der Waals surface area contributed by atoms with E-state index in [1.165, 1.54) is 4.90 Å². The number of amides is 1. The molecule has 1 aliphatic rings. The van der Waals surface area contributed by atoms with E-state index >= 15 is 0 Å². The van der Waals surface area contributed by atoms with Crippen LogP contribution in [0, 0.1) is 0 Å². The number of nitrogens with zero attached hydrogens (tertiary/aromatic N) is 3. The molecule has 0 aliphatic carbocycles. The zero-order chi connectivity index (χ0) is 28.2. The highest BCUT2D eigenvalue weighted by atomic mass is 35.5. The number of carbonyl (C=O) groups is 1. The maximum atomic E-state index is 13.5. The number of alkyl halides is 6. The van der Waals surface area contributed by atoms with Crippen LogP contribution in [0.3, 0.4) is 0 Å². The lowest BCUT2D eigenvalue weighted by molar-refractivity contribution is -0.143. The molecule has 1 aromatic heterocycles. The van der Waals surface area contributed by atoms with Crippen molar-refractivity contribution in [3.8, 4) is 0 Å². The third-order valence-corrected chi connectivity index (χ3v) is 6.96. The maximum absolute atomic E-state index is 13.5. The molecule has 208 valence electrons. The van der Waals surface area contributed by atoms with E-state index in [1.54, 1.807) is 36.7 Å². The first-order valence-electron chi connectivity index (χ1n) is 12.4. The standard InChI is InChI=1S/C28H26ClF6N3O/c29-24-7-5-19(6-8-24)13-25-18-37(10-2-4-20-3-1-9-36-17-20)11-12-38(25)26(39)21-14-22(27(30,31)32)16-23(15-21)28(33,34)35/h1,3,5-9,14-17,25H,2,4,10-13,18H2. The minimum Gasteiger partial charge on any atom is -0.333 e. The van der Waals surface area contributed by atoms with Crippen LogP contribution in [-0.4, -0.2) is 52.9 Å². The van der Waals surface area contributed by atoms with Gasteiger partial charge in [0, 0.05) is 48.7 Å². The van der Waals surface area contributed by atoms with Gasteiger partial charge in [-0.2, -0.15) is 26.3 Å². The van der Waals surface area contributed by atoms with Crippen molar-refractivity contribution in [3.05, 3.63) is 99.8 Å². The van der Waals surface area contributed by atoms with Crippen LogP contribution in [0.1, 0.15) is 39.0 Å². The molecular formula is C28H26ClF6N3O. The van der Waals surface area contributed by atoms with Crippen LogP contribution in [-0.2, 0) is 25.2 Å². The summed E-state index contributed by atoms with van der Waals surface area (Å²) in [6, 6.07) is 11.4. The molecule has 1 fully saturated rings. The van der Waals surface area contributed by atoms with Crippen molar-refractivity contribution in [2.45, 2.75) is 37.7 Å². The molecule has 1 amide bonds. The largest absolute Gasteiger partial charge is 0.416 e. The molecule has 11 heteroatoms. The van der Waals surface area contributed by atoms with Crippen LogP contribution in [0.25, 0.3) is 0 Å². The monoisotopic (exact) mass is 569 g/mol. The number of carbonyl (C=O) groups excluding carboxylic acids is 1. The van der Waals surface area contributed by atoms with E-state index in [0.717, 1.165) is 30.5 Å². The fourth-order valence-electron chi connectivity index (χ4n) is 4.75. The molecular weight excluding hydrogens is 544 g/mol. The third-order valence-electron chi connectivity index (χ3n) is 6.71. The lowest BCUT2D eigenvalue weighted by Gasteiger charge is -2.42. The van der Waals surface area contributed by atoms with E-state index in [9.17, 15) is 31.1 Å². The summed E-state index contributed by atoms with van der Waals surface area (Å²) < 4.78 is 80.5. The maximum Gasteiger partial charge on any atom is 0.416 e. The van der Waals surface area contributed by atoms with E-state index in [0.29, 0.717) is 36.7 Å². The summed E-state index contributed by atoms with van der Waals surface area (Å²) in [6.45, 7) is 1.75. The first-order valence-corrected chi connectivity index (χ1v) is 12.7. The molecule has 39 heavy (non-hydrogen) atoms. The van der Waals surface area contributed by atoms with Crippen LogP contribution < -0.4 is 0 Å². The summed E-state index contributed by atoms with van der Waals surface area (Å²) in [5, 5.41) is 0.524. The summed E-state index contributed by atoms with van der Waals surface area (Å²) in [6.07, 6.45) is -4.58. The molecule has 3 aromatic rings. The average molecular weight is 570 g/mol. The fraction of sp³-hybridized carbons (Fsp3) is 0.357. The highest BCUT2D eigenvalue weighted by Gasteiger charge is 2.39. The molecule has 0 bridgehead atoms. The average Bonchev–Trinajstić information content (AvgIpc) is 2.89. The topological polar surface area (TPSA) is 36.4 Å². The predicted molar refractivity (Wildman–Crippen MR) is 135 cm³/mol. The molecule has 4 rings (SSSR count). The van der Waals surface area contributed by atoms with Gasteiger partial charge in [-0.25, -0.2) is 0 Å².